The van der Waals surface area contributed by atoms with Gasteiger partial charge in [0.05, 0.1) is 0 Å². The maximum Gasteiger partial charge on any atom is 0.0455 e. The van der Waals surface area contributed by atoms with Crippen LogP contribution in [-0.2, 0) is 0 Å². The van der Waals surface area contributed by atoms with Crippen LogP contribution in [0.15, 0.2) is 18.2 Å². The fraction of sp³-hybridized carbons (Fsp3) is 0.500. The van der Waals surface area contributed by atoms with E-state index in [0.717, 1.165) is 29.1 Å². The summed E-state index contributed by atoms with van der Waals surface area (Å²) >= 11 is 6.06. The van der Waals surface area contributed by atoms with E-state index in [1.54, 1.807) is 0 Å². The van der Waals surface area contributed by atoms with Gasteiger partial charge in [-0.05, 0) is 43.9 Å². The Hall–Kier alpha value is -0.730. The summed E-state index contributed by atoms with van der Waals surface area (Å²) in [5.41, 5.74) is 8.19. The first kappa shape index (κ1) is 10.8. The molecule has 1 aromatic rings. The molecule has 1 fully saturated rings. The Bertz CT molecular complexity index is 351. The lowest BCUT2D eigenvalue weighted by molar-refractivity contribution is 0.638. The molecule has 3 N–H and O–H groups in total. The van der Waals surface area contributed by atoms with Crippen LogP contribution in [0, 0.1) is 6.92 Å². The van der Waals surface area contributed by atoms with Crippen molar-refractivity contribution in [3.63, 3.8) is 0 Å². The summed E-state index contributed by atoms with van der Waals surface area (Å²) < 4.78 is 0. The minimum atomic E-state index is 0.282. The standard InChI is InChI=1S/C12H17ClN2/c1-8-5-6-9(7-10(8)13)15-12-4-2-3-11(12)14/h5-7,11-12,15H,2-4,14H2,1H3. The third-order valence-corrected chi connectivity index (χ3v) is 3.50. The van der Waals surface area contributed by atoms with Crippen LogP contribution in [0.4, 0.5) is 5.69 Å². The molecule has 82 valence electrons. The van der Waals surface area contributed by atoms with Gasteiger partial charge in [-0.1, -0.05) is 17.7 Å². The first-order valence-electron chi connectivity index (χ1n) is 5.45. The van der Waals surface area contributed by atoms with Crippen molar-refractivity contribution in [2.45, 2.75) is 38.3 Å². The second-order valence-corrected chi connectivity index (χ2v) is 4.72. The molecular weight excluding hydrogens is 208 g/mol. The number of nitrogens with one attached hydrogen (secondary N) is 1. The largest absolute Gasteiger partial charge is 0.381 e. The molecule has 1 saturated carbocycles. The second-order valence-electron chi connectivity index (χ2n) is 4.31. The zero-order valence-corrected chi connectivity index (χ0v) is 9.72. The molecule has 0 aromatic heterocycles. The van der Waals surface area contributed by atoms with Crippen LogP contribution in [0.3, 0.4) is 0 Å². The molecular formula is C12H17ClN2. The monoisotopic (exact) mass is 224 g/mol. The lowest BCUT2D eigenvalue weighted by atomic mass is 10.1. The van der Waals surface area contributed by atoms with Crippen molar-refractivity contribution in [1.29, 1.82) is 0 Å². The highest BCUT2D eigenvalue weighted by molar-refractivity contribution is 6.31. The van der Waals surface area contributed by atoms with Gasteiger partial charge < -0.3 is 11.1 Å². The molecule has 0 spiro atoms. The van der Waals surface area contributed by atoms with Gasteiger partial charge in [-0.2, -0.15) is 0 Å². The van der Waals surface area contributed by atoms with E-state index >= 15 is 0 Å². The van der Waals surface area contributed by atoms with Crippen LogP contribution in [0.2, 0.25) is 5.02 Å². The Morgan fingerprint density at radius 1 is 1.40 bits per heavy atom. The molecule has 0 heterocycles. The Morgan fingerprint density at radius 2 is 2.20 bits per heavy atom. The van der Waals surface area contributed by atoms with E-state index in [2.05, 4.69) is 11.4 Å². The molecule has 0 saturated heterocycles. The van der Waals surface area contributed by atoms with Crippen molar-refractivity contribution in [3.05, 3.63) is 28.8 Å². The molecule has 1 aromatic carbocycles. The first-order valence-corrected chi connectivity index (χ1v) is 5.83. The number of rotatable bonds is 2. The van der Waals surface area contributed by atoms with Crippen LogP contribution >= 0.6 is 11.6 Å². The number of anilines is 1. The predicted molar refractivity (Wildman–Crippen MR) is 65.4 cm³/mol. The fourth-order valence-electron chi connectivity index (χ4n) is 2.06. The summed E-state index contributed by atoms with van der Waals surface area (Å²) in [6.45, 7) is 2.01. The third-order valence-electron chi connectivity index (χ3n) is 3.09. The van der Waals surface area contributed by atoms with Crippen LogP contribution in [0.5, 0.6) is 0 Å². The number of hydrogen-bond acceptors (Lipinski definition) is 2. The summed E-state index contributed by atoms with van der Waals surface area (Å²) in [6.07, 6.45) is 3.50. The fourth-order valence-corrected chi connectivity index (χ4v) is 2.25. The first-order chi connectivity index (χ1) is 7.16. The van der Waals surface area contributed by atoms with Crippen molar-refractivity contribution in [3.8, 4) is 0 Å². The number of nitrogens with two attached hydrogens (primary N) is 1. The normalized spacial score (nSPS) is 25.5. The lowest BCUT2D eigenvalue weighted by Gasteiger charge is -2.18. The SMILES string of the molecule is Cc1ccc(NC2CCCC2N)cc1Cl. The van der Waals surface area contributed by atoms with Gasteiger partial charge in [0.2, 0.25) is 0 Å². The van der Waals surface area contributed by atoms with Crippen LogP contribution in [0.1, 0.15) is 24.8 Å². The second kappa shape index (κ2) is 4.42. The van der Waals surface area contributed by atoms with E-state index < -0.39 is 0 Å². The summed E-state index contributed by atoms with van der Waals surface area (Å²) in [6, 6.07) is 6.76. The molecule has 1 aliphatic rings. The molecule has 2 nitrogen and oxygen atoms in total. The molecule has 0 amide bonds. The summed E-state index contributed by atoms with van der Waals surface area (Å²) in [4.78, 5) is 0. The zero-order valence-electron chi connectivity index (χ0n) is 8.96. The minimum absolute atomic E-state index is 0.282. The van der Waals surface area contributed by atoms with E-state index in [4.69, 9.17) is 17.3 Å². The molecule has 0 bridgehead atoms. The average molecular weight is 225 g/mol. The van der Waals surface area contributed by atoms with Crippen LogP contribution in [-0.4, -0.2) is 12.1 Å². The van der Waals surface area contributed by atoms with Gasteiger partial charge in [0.25, 0.3) is 0 Å². The molecule has 15 heavy (non-hydrogen) atoms. The van der Waals surface area contributed by atoms with Crippen LogP contribution in [0.25, 0.3) is 0 Å². The van der Waals surface area contributed by atoms with Gasteiger partial charge in [-0.3, -0.25) is 0 Å². The van der Waals surface area contributed by atoms with E-state index in [1.807, 2.05) is 19.1 Å². The van der Waals surface area contributed by atoms with Crippen molar-refractivity contribution >= 4 is 17.3 Å². The van der Waals surface area contributed by atoms with Gasteiger partial charge in [0.1, 0.15) is 0 Å². The van der Waals surface area contributed by atoms with Gasteiger partial charge in [0.15, 0.2) is 0 Å². The Balaban J connectivity index is 2.07. The number of hydrogen-bond donors (Lipinski definition) is 2. The van der Waals surface area contributed by atoms with Crippen molar-refractivity contribution in [2.24, 2.45) is 5.73 Å². The summed E-state index contributed by atoms with van der Waals surface area (Å²) in [5.74, 6) is 0. The van der Waals surface area contributed by atoms with Crippen molar-refractivity contribution < 1.29 is 0 Å². The quantitative estimate of drug-likeness (QED) is 0.811. The summed E-state index contributed by atoms with van der Waals surface area (Å²) in [7, 11) is 0. The topological polar surface area (TPSA) is 38.0 Å². The molecule has 3 heteroatoms. The van der Waals surface area contributed by atoms with Gasteiger partial charge in [-0.25, -0.2) is 0 Å². The Kier molecular flexibility index (Phi) is 3.17. The maximum atomic E-state index is 6.06. The highest BCUT2D eigenvalue weighted by Crippen LogP contribution is 2.24. The number of benzene rings is 1. The van der Waals surface area contributed by atoms with E-state index in [9.17, 15) is 0 Å². The number of halogens is 1. The van der Waals surface area contributed by atoms with E-state index in [1.165, 1.54) is 6.42 Å². The molecule has 2 atom stereocenters. The Morgan fingerprint density at radius 3 is 2.80 bits per heavy atom. The molecule has 2 rings (SSSR count). The Labute approximate surface area is 95.8 Å². The average Bonchev–Trinajstić information content (AvgIpc) is 2.59. The lowest BCUT2D eigenvalue weighted by Crippen LogP contribution is -2.35. The van der Waals surface area contributed by atoms with E-state index in [-0.39, 0.29) is 6.04 Å². The summed E-state index contributed by atoms with van der Waals surface area (Å²) in [5, 5.41) is 4.26. The zero-order chi connectivity index (χ0) is 10.8. The molecule has 2 unspecified atom stereocenters. The van der Waals surface area contributed by atoms with Crippen LogP contribution < -0.4 is 11.1 Å². The highest BCUT2D eigenvalue weighted by atomic mass is 35.5. The smallest absolute Gasteiger partial charge is 0.0455 e. The predicted octanol–water partition coefficient (Wildman–Crippen LogP) is 2.94. The molecule has 0 radical (unpaired) electrons. The third kappa shape index (κ3) is 2.44. The van der Waals surface area contributed by atoms with Gasteiger partial charge in [0, 0.05) is 22.8 Å². The van der Waals surface area contributed by atoms with Gasteiger partial charge >= 0.3 is 0 Å². The van der Waals surface area contributed by atoms with Crippen molar-refractivity contribution in [1.82, 2.24) is 0 Å². The minimum Gasteiger partial charge on any atom is -0.381 e. The van der Waals surface area contributed by atoms with Crippen molar-refractivity contribution in [2.75, 3.05) is 5.32 Å². The molecule has 1 aliphatic carbocycles. The highest BCUT2D eigenvalue weighted by Gasteiger charge is 2.23. The van der Waals surface area contributed by atoms with Gasteiger partial charge in [-0.15, -0.1) is 0 Å². The number of aryl methyl sites for hydroxylation is 1. The maximum absolute atomic E-state index is 6.06. The molecule has 0 aliphatic heterocycles. The van der Waals surface area contributed by atoms with E-state index in [0.29, 0.717) is 6.04 Å².